The summed E-state index contributed by atoms with van der Waals surface area (Å²) in [6.07, 6.45) is 4.33. The second kappa shape index (κ2) is 9.28. The summed E-state index contributed by atoms with van der Waals surface area (Å²) in [6.45, 7) is 1.91. The van der Waals surface area contributed by atoms with Crippen molar-refractivity contribution in [2.24, 2.45) is 5.92 Å². The van der Waals surface area contributed by atoms with Gasteiger partial charge in [-0.3, -0.25) is 9.59 Å². The number of piperidine rings is 1. The number of benzene rings is 2. The molecule has 0 radical (unpaired) electrons. The first-order chi connectivity index (χ1) is 14.6. The van der Waals surface area contributed by atoms with Gasteiger partial charge in [0.25, 0.3) is 5.91 Å². The quantitative estimate of drug-likeness (QED) is 0.759. The molecule has 4 rings (SSSR count). The highest BCUT2D eigenvalue weighted by Gasteiger charge is 2.25. The van der Waals surface area contributed by atoms with Crippen LogP contribution in [0.4, 0.5) is 4.39 Å². The molecule has 2 aromatic carbocycles. The van der Waals surface area contributed by atoms with Crippen LogP contribution in [0.15, 0.2) is 48.5 Å². The molecule has 0 spiro atoms. The van der Waals surface area contributed by atoms with Gasteiger partial charge in [0.2, 0.25) is 5.91 Å². The van der Waals surface area contributed by atoms with E-state index in [0.717, 1.165) is 37.8 Å². The van der Waals surface area contributed by atoms with Gasteiger partial charge in [0.1, 0.15) is 11.6 Å². The summed E-state index contributed by atoms with van der Waals surface area (Å²) >= 11 is 0. The molecule has 2 fully saturated rings. The standard InChI is InChI=1S/C24H27FN2O3/c25-20-8-6-17(7-9-20)13-23(28)27-12-2-3-18(15-27)16-30-22-5-1-4-19(14-22)24(29)26-21-10-11-21/h1,4-9,14,18,21H,2-3,10-13,15-16H2,(H,26,29)/t18-/m0/s1. The minimum absolute atomic E-state index is 0.0572. The van der Waals surface area contributed by atoms with Gasteiger partial charge in [-0.15, -0.1) is 0 Å². The maximum Gasteiger partial charge on any atom is 0.251 e. The molecule has 5 nitrogen and oxygen atoms in total. The van der Waals surface area contributed by atoms with Crippen molar-refractivity contribution < 1.29 is 18.7 Å². The fourth-order valence-electron chi connectivity index (χ4n) is 3.75. The SMILES string of the molecule is O=C(NC1CC1)c1cccc(OC[C@H]2CCCN(C(=O)Cc3ccc(F)cc3)C2)c1. The van der Waals surface area contributed by atoms with Crippen molar-refractivity contribution in [2.75, 3.05) is 19.7 Å². The van der Waals surface area contributed by atoms with Crippen LogP contribution in [0, 0.1) is 11.7 Å². The molecule has 1 aliphatic heterocycles. The van der Waals surface area contributed by atoms with Crippen molar-refractivity contribution in [1.82, 2.24) is 10.2 Å². The third-order valence-electron chi connectivity index (χ3n) is 5.63. The van der Waals surface area contributed by atoms with Gasteiger partial charge in [-0.25, -0.2) is 4.39 Å². The Morgan fingerprint density at radius 1 is 1.10 bits per heavy atom. The molecule has 0 unspecified atom stereocenters. The van der Waals surface area contributed by atoms with Gasteiger partial charge in [-0.05, 0) is 61.6 Å². The predicted molar refractivity (Wildman–Crippen MR) is 112 cm³/mol. The highest BCUT2D eigenvalue weighted by atomic mass is 19.1. The minimum atomic E-state index is -0.296. The molecular weight excluding hydrogens is 383 g/mol. The Labute approximate surface area is 176 Å². The number of halogens is 1. The number of nitrogens with one attached hydrogen (secondary N) is 1. The molecule has 1 atom stereocenters. The first-order valence-electron chi connectivity index (χ1n) is 10.6. The van der Waals surface area contributed by atoms with Crippen LogP contribution in [0.25, 0.3) is 0 Å². The third kappa shape index (κ3) is 5.59. The van der Waals surface area contributed by atoms with Crippen molar-refractivity contribution in [3.63, 3.8) is 0 Å². The van der Waals surface area contributed by atoms with E-state index in [4.69, 9.17) is 4.74 Å². The Hall–Kier alpha value is -2.89. The topological polar surface area (TPSA) is 58.6 Å². The zero-order valence-electron chi connectivity index (χ0n) is 17.0. The fourth-order valence-corrected chi connectivity index (χ4v) is 3.75. The van der Waals surface area contributed by atoms with Crippen LogP contribution in [-0.2, 0) is 11.2 Å². The van der Waals surface area contributed by atoms with Gasteiger partial charge < -0.3 is 15.0 Å². The number of hydrogen-bond donors (Lipinski definition) is 1. The Morgan fingerprint density at radius 3 is 2.67 bits per heavy atom. The van der Waals surface area contributed by atoms with Crippen LogP contribution in [0.5, 0.6) is 5.75 Å². The highest BCUT2D eigenvalue weighted by Crippen LogP contribution is 2.22. The monoisotopic (exact) mass is 410 g/mol. The van der Waals surface area contributed by atoms with E-state index in [2.05, 4.69) is 5.32 Å². The number of amides is 2. The van der Waals surface area contributed by atoms with Gasteiger partial charge in [-0.1, -0.05) is 18.2 Å². The zero-order valence-corrected chi connectivity index (χ0v) is 17.0. The van der Waals surface area contributed by atoms with E-state index in [9.17, 15) is 14.0 Å². The van der Waals surface area contributed by atoms with Crippen molar-refractivity contribution in [1.29, 1.82) is 0 Å². The molecule has 30 heavy (non-hydrogen) atoms. The fraction of sp³-hybridized carbons (Fsp3) is 0.417. The maximum absolute atomic E-state index is 13.1. The average Bonchev–Trinajstić information content (AvgIpc) is 3.58. The number of carbonyl (C=O) groups is 2. The first kappa shape index (κ1) is 20.4. The maximum atomic E-state index is 13.1. The smallest absolute Gasteiger partial charge is 0.251 e. The van der Waals surface area contributed by atoms with Crippen LogP contribution >= 0.6 is 0 Å². The molecule has 1 heterocycles. The summed E-state index contributed by atoms with van der Waals surface area (Å²) in [4.78, 5) is 26.7. The summed E-state index contributed by atoms with van der Waals surface area (Å²) in [5.41, 5.74) is 1.43. The second-order valence-electron chi connectivity index (χ2n) is 8.24. The van der Waals surface area contributed by atoms with E-state index >= 15 is 0 Å². The molecule has 1 saturated heterocycles. The summed E-state index contributed by atoms with van der Waals surface area (Å²) in [6, 6.07) is 13.7. The van der Waals surface area contributed by atoms with Gasteiger partial charge in [0.05, 0.1) is 13.0 Å². The van der Waals surface area contributed by atoms with Crippen LogP contribution in [0.2, 0.25) is 0 Å². The lowest BCUT2D eigenvalue weighted by Gasteiger charge is -2.32. The van der Waals surface area contributed by atoms with Gasteiger partial charge >= 0.3 is 0 Å². The normalized spacial score (nSPS) is 18.7. The Morgan fingerprint density at radius 2 is 1.90 bits per heavy atom. The van der Waals surface area contributed by atoms with Crippen molar-refractivity contribution in [3.05, 3.63) is 65.5 Å². The van der Waals surface area contributed by atoms with Gasteiger partial charge in [-0.2, -0.15) is 0 Å². The molecule has 6 heteroatoms. The van der Waals surface area contributed by atoms with Crippen molar-refractivity contribution >= 4 is 11.8 Å². The summed E-state index contributed by atoms with van der Waals surface area (Å²) in [5.74, 6) is 0.631. The van der Waals surface area contributed by atoms with E-state index < -0.39 is 0 Å². The van der Waals surface area contributed by atoms with Crippen molar-refractivity contribution in [3.8, 4) is 5.75 Å². The number of rotatable bonds is 7. The Kier molecular flexibility index (Phi) is 6.31. The average molecular weight is 410 g/mol. The molecule has 2 aromatic rings. The molecule has 2 aliphatic rings. The van der Waals surface area contributed by atoms with E-state index in [-0.39, 0.29) is 30.0 Å². The lowest BCUT2D eigenvalue weighted by atomic mass is 9.98. The number of carbonyl (C=O) groups excluding carboxylic acids is 2. The highest BCUT2D eigenvalue weighted by molar-refractivity contribution is 5.94. The number of nitrogens with zero attached hydrogens (tertiary/aromatic N) is 1. The van der Waals surface area contributed by atoms with E-state index in [1.54, 1.807) is 24.3 Å². The molecule has 0 bridgehead atoms. The minimum Gasteiger partial charge on any atom is -0.493 e. The molecule has 1 saturated carbocycles. The molecule has 158 valence electrons. The number of likely N-dealkylation sites (tertiary alicyclic amines) is 1. The first-order valence-corrected chi connectivity index (χ1v) is 10.6. The lowest BCUT2D eigenvalue weighted by molar-refractivity contribution is -0.132. The summed E-state index contributed by atoms with van der Waals surface area (Å²) in [5, 5.41) is 2.98. The van der Waals surface area contributed by atoms with Crippen LogP contribution < -0.4 is 10.1 Å². The second-order valence-corrected chi connectivity index (χ2v) is 8.24. The molecule has 1 N–H and O–H groups in total. The van der Waals surface area contributed by atoms with E-state index in [0.29, 0.717) is 30.5 Å². The van der Waals surface area contributed by atoms with Crippen molar-refractivity contribution in [2.45, 2.75) is 38.1 Å². The zero-order chi connectivity index (χ0) is 20.9. The summed E-state index contributed by atoms with van der Waals surface area (Å²) < 4.78 is 19.0. The Bertz CT molecular complexity index is 896. The lowest BCUT2D eigenvalue weighted by Crippen LogP contribution is -2.42. The van der Waals surface area contributed by atoms with E-state index in [1.807, 2.05) is 17.0 Å². The van der Waals surface area contributed by atoms with Crippen LogP contribution in [0.1, 0.15) is 41.6 Å². The van der Waals surface area contributed by atoms with Gasteiger partial charge in [0.15, 0.2) is 0 Å². The molecule has 2 amide bonds. The van der Waals surface area contributed by atoms with Crippen LogP contribution in [0.3, 0.4) is 0 Å². The predicted octanol–water partition coefficient (Wildman–Crippen LogP) is 3.58. The third-order valence-corrected chi connectivity index (χ3v) is 5.63. The molecule has 1 aliphatic carbocycles. The van der Waals surface area contributed by atoms with E-state index in [1.165, 1.54) is 12.1 Å². The molecular formula is C24H27FN2O3. The van der Waals surface area contributed by atoms with Crippen LogP contribution in [-0.4, -0.2) is 42.5 Å². The summed E-state index contributed by atoms with van der Waals surface area (Å²) in [7, 11) is 0. The molecule has 0 aromatic heterocycles. The number of hydrogen-bond acceptors (Lipinski definition) is 3. The van der Waals surface area contributed by atoms with Gasteiger partial charge in [0, 0.05) is 30.6 Å². The Balaban J connectivity index is 1.28. The largest absolute Gasteiger partial charge is 0.493 e. The number of ether oxygens (including phenoxy) is 1.